The van der Waals surface area contributed by atoms with Crippen molar-refractivity contribution in [3.05, 3.63) is 69.6 Å². The molecule has 86 valence electrons. The molecule has 0 nitrogen and oxygen atoms in total. The van der Waals surface area contributed by atoms with Crippen molar-refractivity contribution in [2.75, 3.05) is 0 Å². The first-order valence-corrected chi connectivity index (χ1v) is 6.72. The molecule has 0 saturated heterocycles. The second-order valence-electron chi connectivity index (χ2n) is 4.07. The van der Waals surface area contributed by atoms with Gasteiger partial charge in [-0.05, 0) is 48.4 Å². The molecule has 0 unspecified atom stereocenters. The molecule has 0 aliphatic carbocycles. The fraction of sp³-hybridized carbons (Fsp3) is 0.188. The average Bonchev–Trinajstić information content (AvgIpc) is 2.88. The summed E-state index contributed by atoms with van der Waals surface area (Å²) in [4.78, 5) is 1.27. The van der Waals surface area contributed by atoms with Crippen LogP contribution in [-0.4, -0.2) is 0 Å². The SMILES string of the molecule is CC(=C=Cc1cccs1)CCc1ccccc1. The third kappa shape index (κ3) is 4.07. The lowest BCUT2D eigenvalue weighted by molar-refractivity contribution is 0.944. The van der Waals surface area contributed by atoms with Crippen LogP contribution >= 0.6 is 11.3 Å². The van der Waals surface area contributed by atoms with Crippen LogP contribution in [0.3, 0.4) is 0 Å². The second-order valence-corrected chi connectivity index (χ2v) is 5.05. The number of thiophene rings is 1. The van der Waals surface area contributed by atoms with Crippen molar-refractivity contribution in [1.29, 1.82) is 0 Å². The van der Waals surface area contributed by atoms with E-state index < -0.39 is 0 Å². The van der Waals surface area contributed by atoms with E-state index in [-0.39, 0.29) is 0 Å². The standard InChI is InChI=1S/C16H16S/c1-14(10-12-16-8-5-13-17-16)9-11-15-6-3-2-4-7-15/h2-8,12-13H,9,11H2,1H3. The van der Waals surface area contributed by atoms with Gasteiger partial charge in [0.05, 0.1) is 0 Å². The van der Waals surface area contributed by atoms with Gasteiger partial charge in [0.15, 0.2) is 0 Å². The molecule has 17 heavy (non-hydrogen) atoms. The molecule has 0 saturated carbocycles. The highest BCUT2D eigenvalue weighted by Crippen LogP contribution is 2.11. The molecule has 0 radical (unpaired) electrons. The molecule has 1 heteroatoms. The summed E-state index contributed by atoms with van der Waals surface area (Å²) >= 11 is 1.75. The minimum absolute atomic E-state index is 1.08. The van der Waals surface area contributed by atoms with Gasteiger partial charge in [-0.1, -0.05) is 36.4 Å². The predicted octanol–water partition coefficient (Wildman–Crippen LogP) is 4.94. The number of rotatable bonds is 4. The summed E-state index contributed by atoms with van der Waals surface area (Å²) in [5.74, 6) is 0. The Morgan fingerprint density at radius 2 is 2.00 bits per heavy atom. The van der Waals surface area contributed by atoms with Gasteiger partial charge in [-0.3, -0.25) is 0 Å². The Hall–Kier alpha value is -1.56. The van der Waals surface area contributed by atoms with E-state index in [0.29, 0.717) is 0 Å². The van der Waals surface area contributed by atoms with Crippen LogP contribution in [0.1, 0.15) is 23.8 Å². The summed E-state index contributed by atoms with van der Waals surface area (Å²) in [6.45, 7) is 2.15. The molecule has 0 fully saturated rings. The van der Waals surface area contributed by atoms with Crippen molar-refractivity contribution in [2.45, 2.75) is 19.8 Å². The Morgan fingerprint density at radius 1 is 1.18 bits per heavy atom. The van der Waals surface area contributed by atoms with Crippen LogP contribution in [0.5, 0.6) is 0 Å². The van der Waals surface area contributed by atoms with Gasteiger partial charge in [0.1, 0.15) is 0 Å². The maximum atomic E-state index is 3.36. The summed E-state index contributed by atoms with van der Waals surface area (Å²) in [6, 6.07) is 14.8. The van der Waals surface area contributed by atoms with E-state index in [1.807, 2.05) is 0 Å². The zero-order valence-corrected chi connectivity index (χ0v) is 10.8. The van der Waals surface area contributed by atoms with Gasteiger partial charge < -0.3 is 0 Å². The molecule has 2 rings (SSSR count). The van der Waals surface area contributed by atoms with Crippen LogP contribution in [0, 0.1) is 0 Å². The molecular formula is C16H16S. The number of aryl methyl sites for hydroxylation is 1. The topological polar surface area (TPSA) is 0 Å². The van der Waals surface area contributed by atoms with E-state index in [1.165, 1.54) is 16.0 Å². The molecule has 1 heterocycles. The Morgan fingerprint density at radius 3 is 2.71 bits per heavy atom. The Labute approximate surface area is 107 Å². The minimum Gasteiger partial charge on any atom is -0.144 e. The van der Waals surface area contributed by atoms with Gasteiger partial charge in [-0.2, -0.15) is 0 Å². The average molecular weight is 240 g/mol. The van der Waals surface area contributed by atoms with Crippen LogP contribution in [0.2, 0.25) is 0 Å². The number of allylic oxidation sites excluding steroid dienone is 1. The molecule has 0 spiro atoms. The van der Waals surface area contributed by atoms with Crippen LogP contribution in [0.4, 0.5) is 0 Å². The molecule has 1 aromatic heterocycles. The normalized spacial score (nSPS) is 9.71. The van der Waals surface area contributed by atoms with E-state index in [0.717, 1.165) is 12.8 Å². The summed E-state index contributed by atoms with van der Waals surface area (Å²) < 4.78 is 0. The largest absolute Gasteiger partial charge is 0.144 e. The summed E-state index contributed by atoms with van der Waals surface area (Å²) in [6.07, 6.45) is 4.24. The fourth-order valence-corrected chi connectivity index (χ4v) is 2.21. The first-order valence-electron chi connectivity index (χ1n) is 5.84. The zero-order valence-electron chi connectivity index (χ0n) is 10.0. The first-order chi connectivity index (χ1) is 8.34. The molecule has 1 aromatic carbocycles. The maximum absolute atomic E-state index is 3.36. The number of benzene rings is 1. The summed E-state index contributed by atoms with van der Waals surface area (Å²) in [7, 11) is 0. The molecule has 2 aromatic rings. The third-order valence-electron chi connectivity index (χ3n) is 2.64. The predicted molar refractivity (Wildman–Crippen MR) is 76.2 cm³/mol. The quantitative estimate of drug-likeness (QED) is 0.664. The lowest BCUT2D eigenvalue weighted by Gasteiger charge is -1.99. The van der Waals surface area contributed by atoms with Gasteiger partial charge in [0.2, 0.25) is 0 Å². The lowest BCUT2D eigenvalue weighted by Crippen LogP contribution is -1.84. The van der Waals surface area contributed by atoms with E-state index >= 15 is 0 Å². The molecule has 0 bridgehead atoms. The monoisotopic (exact) mass is 240 g/mol. The van der Waals surface area contributed by atoms with Gasteiger partial charge in [0, 0.05) is 4.88 Å². The highest BCUT2D eigenvalue weighted by Gasteiger charge is 1.92. The molecule has 0 aliphatic heterocycles. The van der Waals surface area contributed by atoms with Crippen molar-refractivity contribution in [2.24, 2.45) is 0 Å². The molecule has 0 atom stereocenters. The Kier molecular flexibility index (Phi) is 4.37. The summed E-state index contributed by atoms with van der Waals surface area (Å²) in [5, 5.41) is 2.09. The summed E-state index contributed by atoms with van der Waals surface area (Å²) in [5.41, 5.74) is 6.06. The van der Waals surface area contributed by atoms with Crippen molar-refractivity contribution in [1.82, 2.24) is 0 Å². The third-order valence-corrected chi connectivity index (χ3v) is 3.45. The van der Waals surface area contributed by atoms with Crippen LogP contribution in [0.25, 0.3) is 6.08 Å². The zero-order chi connectivity index (χ0) is 11.9. The number of hydrogen-bond donors (Lipinski definition) is 0. The minimum atomic E-state index is 1.08. The molecule has 0 amide bonds. The molecule has 0 aliphatic rings. The van der Waals surface area contributed by atoms with Crippen molar-refractivity contribution >= 4 is 17.4 Å². The lowest BCUT2D eigenvalue weighted by atomic mass is 10.1. The van der Waals surface area contributed by atoms with Crippen molar-refractivity contribution in [3.8, 4) is 0 Å². The Bertz CT molecular complexity index is 500. The second kappa shape index (κ2) is 6.24. The van der Waals surface area contributed by atoms with Crippen LogP contribution < -0.4 is 0 Å². The van der Waals surface area contributed by atoms with Crippen molar-refractivity contribution < 1.29 is 0 Å². The molecule has 0 N–H and O–H groups in total. The van der Waals surface area contributed by atoms with Gasteiger partial charge in [-0.25, -0.2) is 0 Å². The van der Waals surface area contributed by atoms with Crippen LogP contribution in [0.15, 0.2) is 59.1 Å². The van der Waals surface area contributed by atoms with E-state index in [1.54, 1.807) is 11.3 Å². The van der Waals surface area contributed by atoms with Crippen molar-refractivity contribution in [3.63, 3.8) is 0 Å². The molecular weight excluding hydrogens is 224 g/mol. The van der Waals surface area contributed by atoms with Gasteiger partial charge >= 0.3 is 0 Å². The Balaban J connectivity index is 1.93. The first kappa shape index (κ1) is 11.9. The highest BCUT2D eigenvalue weighted by molar-refractivity contribution is 7.10. The fourth-order valence-electron chi connectivity index (χ4n) is 1.62. The highest BCUT2D eigenvalue weighted by atomic mass is 32.1. The van der Waals surface area contributed by atoms with Gasteiger partial charge in [0.25, 0.3) is 0 Å². The van der Waals surface area contributed by atoms with E-state index in [2.05, 4.69) is 66.6 Å². The van der Waals surface area contributed by atoms with Crippen LogP contribution in [-0.2, 0) is 6.42 Å². The smallest absolute Gasteiger partial charge is 0.0347 e. The number of hydrogen-bond acceptors (Lipinski definition) is 1. The van der Waals surface area contributed by atoms with Gasteiger partial charge in [-0.15, -0.1) is 17.1 Å². The maximum Gasteiger partial charge on any atom is 0.0347 e. The van der Waals surface area contributed by atoms with E-state index in [4.69, 9.17) is 0 Å². The van der Waals surface area contributed by atoms with E-state index in [9.17, 15) is 0 Å².